The van der Waals surface area contributed by atoms with E-state index in [0.717, 1.165) is 0 Å². The molecule has 1 fully saturated rings. The predicted octanol–water partition coefficient (Wildman–Crippen LogP) is 6.07. The van der Waals surface area contributed by atoms with Gasteiger partial charge in [-0.3, -0.25) is 4.79 Å². The van der Waals surface area contributed by atoms with Crippen molar-refractivity contribution in [3.63, 3.8) is 0 Å². The van der Waals surface area contributed by atoms with Gasteiger partial charge in [0.15, 0.2) is 6.61 Å². The maximum atomic E-state index is 12.4. The minimum absolute atomic E-state index is 0.117. The number of benzene rings is 2. The van der Waals surface area contributed by atoms with Gasteiger partial charge in [0.2, 0.25) is 0 Å². The lowest BCUT2D eigenvalue weighted by atomic mass is 10.1. The third-order valence-corrected chi connectivity index (χ3v) is 7.27. The van der Waals surface area contributed by atoms with Gasteiger partial charge in [-0.1, -0.05) is 24.3 Å². The van der Waals surface area contributed by atoms with Crippen LogP contribution in [-0.2, 0) is 11.2 Å². The quantitative estimate of drug-likeness (QED) is 0.566. The first-order chi connectivity index (χ1) is 13.9. The van der Waals surface area contributed by atoms with Gasteiger partial charge in [-0.2, -0.15) is 13.2 Å². The van der Waals surface area contributed by atoms with Crippen molar-refractivity contribution in [2.45, 2.75) is 30.0 Å². The molecule has 8 heteroatoms. The van der Waals surface area contributed by atoms with E-state index in [4.69, 9.17) is 4.74 Å². The Morgan fingerprint density at radius 1 is 1.10 bits per heavy atom. The summed E-state index contributed by atoms with van der Waals surface area (Å²) in [7, 11) is 0. The number of halogens is 3. The van der Waals surface area contributed by atoms with Gasteiger partial charge < -0.3 is 10.1 Å². The molecule has 0 spiro atoms. The lowest BCUT2D eigenvalue weighted by molar-refractivity contribution is -0.134. The summed E-state index contributed by atoms with van der Waals surface area (Å²) in [6.07, 6.45) is -3.96. The van der Waals surface area contributed by atoms with Crippen molar-refractivity contribution in [1.29, 1.82) is 0 Å². The largest absolute Gasteiger partial charge is 0.484 e. The first-order valence-electron chi connectivity index (χ1n) is 9.30. The molecule has 1 saturated heterocycles. The lowest BCUT2D eigenvalue weighted by Gasteiger charge is -2.21. The standard InChI is InChI=1S/C21H22F3NO2S2/c22-21(23,24)10-9-15-3-1-4-17(13-15)25-19(26)14-27-18-7-5-16(6-8-18)20-28-11-2-12-29-20/h1,3-8,13,20H,2,9-12,14H2,(H,25,26). The molecule has 0 unspecified atom stereocenters. The topological polar surface area (TPSA) is 38.3 Å². The molecule has 1 heterocycles. The van der Waals surface area contributed by atoms with E-state index in [2.05, 4.69) is 5.32 Å². The van der Waals surface area contributed by atoms with Crippen LogP contribution in [0.2, 0.25) is 0 Å². The molecule has 29 heavy (non-hydrogen) atoms. The zero-order valence-corrected chi connectivity index (χ0v) is 17.3. The van der Waals surface area contributed by atoms with Crippen LogP contribution in [0.4, 0.5) is 18.9 Å². The number of carbonyl (C=O) groups excluding carboxylic acids is 1. The predicted molar refractivity (Wildman–Crippen MR) is 114 cm³/mol. The molecule has 2 aromatic rings. The van der Waals surface area contributed by atoms with Crippen LogP contribution in [0.15, 0.2) is 48.5 Å². The summed E-state index contributed by atoms with van der Waals surface area (Å²) in [6, 6.07) is 14.2. The summed E-state index contributed by atoms with van der Waals surface area (Å²) in [5.74, 6) is 2.59. The summed E-state index contributed by atoms with van der Waals surface area (Å²) in [5, 5.41) is 2.66. The Morgan fingerprint density at radius 2 is 1.83 bits per heavy atom. The van der Waals surface area contributed by atoms with Crippen LogP contribution < -0.4 is 10.1 Å². The molecule has 3 nitrogen and oxygen atoms in total. The smallest absolute Gasteiger partial charge is 0.389 e. The average Bonchev–Trinajstić information content (AvgIpc) is 2.72. The van der Waals surface area contributed by atoms with Crippen LogP contribution in [0.1, 0.15) is 28.6 Å². The minimum atomic E-state index is -4.20. The highest BCUT2D eigenvalue weighted by molar-refractivity contribution is 8.16. The van der Waals surface area contributed by atoms with Crippen LogP contribution in [0.3, 0.4) is 0 Å². The number of amides is 1. The maximum absolute atomic E-state index is 12.4. The summed E-state index contributed by atoms with van der Waals surface area (Å²) in [6.45, 7) is -0.168. The Bertz CT molecular complexity index is 806. The summed E-state index contributed by atoms with van der Waals surface area (Å²) >= 11 is 3.89. The highest BCUT2D eigenvalue weighted by Crippen LogP contribution is 2.43. The van der Waals surface area contributed by atoms with Gasteiger partial charge >= 0.3 is 6.18 Å². The van der Waals surface area contributed by atoms with E-state index in [1.807, 2.05) is 47.8 Å². The summed E-state index contributed by atoms with van der Waals surface area (Å²) in [5.41, 5.74) is 2.22. The van der Waals surface area contributed by atoms with Gasteiger partial charge in [-0.25, -0.2) is 0 Å². The van der Waals surface area contributed by atoms with Gasteiger partial charge in [-0.05, 0) is 59.7 Å². The molecule has 156 valence electrons. The molecule has 1 aliphatic rings. The van der Waals surface area contributed by atoms with E-state index in [0.29, 0.717) is 21.6 Å². The molecule has 0 saturated carbocycles. The number of hydrogen-bond acceptors (Lipinski definition) is 4. The second kappa shape index (κ2) is 10.3. The van der Waals surface area contributed by atoms with Crippen molar-refractivity contribution < 1.29 is 22.7 Å². The third-order valence-electron chi connectivity index (χ3n) is 4.26. The molecule has 0 bridgehead atoms. The van der Waals surface area contributed by atoms with E-state index < -0.39 is 12.6 Å². The Morgan fingerprint density at radius 3 is 2.52 bits per heavy atom. The summed E-state index contributed by atoms with van der Waals surface area (Å²) < 4.78 is 43.0. The third kappa shape index (κ3) is 7.51. The first kappa shape index (κ1) is 21.9. The molecule has 2 aromatic carbocycles. The number of thioether (sulfide) groups is 2. The van der Waals surface area contributed by atoms with Crippen molar-refractivity contribution in [2.75, 3.05) is 23.4 Å². The number of nitrogens with one attached hydrogen (secondary N) is 1. The molecule has 3 rings (SSSR count). The first-order valence-corrected chi connectivity index (χ1v) is 11.4. The van der Waals surface area contributed by atoms with Crippen molar-refractivity contribution in [3.05, 3.63) is 59.7 Å². The maximum Gasteiger partial charge on any atom is 0.389 e. The number of carbonyl (C=O) groups is 1. The van der Waals surface area contributed by atoms with Crippen LogP contribution in [0, 0.1) is 0 Å². The number of aryl methyl sites for hydroxylation is 1. The molecule has 0 aliphatic carbocycles. The second-order valence-electron chi connectivity index (χ2n) is 6.65. The van der Waals surface area contributed by atoms with E-state index in [9.17, 15) is 18.0 Å². The molecular weight excluding hydrogens is 419 g/mol. The zero-order chi connectivity index (χ0) is 20.7. The normalized spacial score (nSPS) is 15.1. The average molecular weight is 442 g/mol. The van der Waals surface area contributed by atoms with Gasteiger partial charge in [0.25, 0.3) is 5.91 Å². The number of rotatable bonds is 7. The monoisotopic (exact) mass is 441 g/mol. The molecule has 0 atom stereocenters. The van der Waals surface area contributed by atoms with Gasteiger partial charge in [0, 0.05) is 12.1 Å². The molecule has 1 aliphatic heterocycles. The Labute approximate surface area is 176 Å². The van der Waals surface area contributed by atoms with Crippen LogP contribution in [0.5, 0.6) is 5.75 Å². The van der Waals surface area contributed by atoms with Crippen molar-refractivity contribution >= 4 is 35.1 Å². The highest BCUT2D eigenvalue weighted by Gasteiger charge is 2.26. The SMILES string of the molecule is O=C(COc1ccc(C2SCCCS2)cc1)Nc1cccc(CCC(F)(F)F)c1. The Kier molecular flexibility index (Phi) is 7.77. The van der Waals surface area contributed by atoms with E-state index >= 15 is 0 Å². The van der Waals surface area contributed by atoms with E-state index in [1.165, 1.54) is 23.5 Å². The Balaban J connectivity index is 1.47. The molecule has 0 aromatic heterocycles. The number of ether oxygens (including phenoxy) is 1. The van der Waals surface area contributed by atoms with Gasteiger partial charge in [0.1, 0.15) is 5.75 Å². The van der Waals surface area contributed by atoms with E-state index in [-0.39, 0.29) is 18.9 Å². The van der Waals surface area contributed by atoms with Crippen LogP contribution in [0.25, 0.3) is 0 Å². The Hall–Kier alpha value is -1.80. The second-order valence-corrected chi connectivity index (χ2v) is 9.37. The van der Waals surface area contributed by atoms with Crippen LogP contribution in [-0.4, -0.2) is 30.2 Å². The van der Waals surface area contributed by atoms with Crippen molar-refractivity contribution in [2.24, 2.45) is 0 Å². The minimum Gasteiger partial charge on any atom is -0.484 e. The fraction of sp³-hybridized carbons (Fsp3) is 0.381. The van der Waals surface area contributed by atoms with Crippen molar-refractivity contribution in [3.8, 4) is 5.75 Å². The van der Waals surface area contributed by atoms with Crippen LogP contribution >= 0.6 is 23.5 Å². The fourth-order valence-electron chi connectivity index (χ4n) is 2.84. The van der Waals surface area contributed by atoms with Crippen molar-refractivity contribution in [1.82, 2.24) is 0 Å². The molecular formula is C21H22F3NO2S2. The zero-order valence-electron chi connectivity index (χ0n) is 15.7. The fourth-order valence-corrected chi connectivity index (χ4v) is 5.73. The molecule has 1 amide bonds. The van der Waals surface area contributed by atoms with E-state index in [1.54, 1.807) is 24.3 Å². The highest BCUT2D eigenvalue weighted by atomic mass is 32.2. The molecule has 1 N–H and O–H groups in total. The number of hydrogen-bond donors (Lipinski definition) is 1. The summed E-state index contributed by atoms with van der Waals surface area (Å²) in [4.78, 5) is 12.1. The number of anilines is 1. The lowest BCUT2D eigenvalue weighted by Crippen LogP contribution is -2.20. The number of alkyl halides is 3. The molecule has 0 radical (unpaired) electrons. The van der Waals surface area contributed by atoms with Gasteiger partial charge in [0.05, 0.1) is 4.58 Å². The van der Waals surface area contributed by atoms with Gasteiger partial charge in [-0.15, -0.1) is 23.5 Å².